The third-order valence-corrected chi connectivity index (χ3v) is 5.43. The molecule has 0 radical (unpaired) electrons. The largest absolute Gasteiger partial charge is 0.497 e. The first kappa shape index (κ1) is 26.1. The highest BCUT2D eigenvalue weighted by atomic mass is 127. The van der Waals surface area contributed by atoms with Gasteiger partial charge in [-0.1, -0.05) is 19.3 Å². The van der Waals surface area contributed by atoms with Crippen molar-refractivity contribution in [2.75, 3.05) is 7.11 Å². The Bertz CT molecular complexity index is 887. The molecule has 0 aliphatic heterocycles. The second kappa shape index (κ2) is 12.8. The highest BCUT2D eigenvalue weighted by molar-refractivity contribution is 14.0. The van der Waals surface area contributed by atoms with Crippen LogP contribution in [-0.2, 0) is 20.1 Å². The summed E-state index contributed by atoms with van der Waals surface area (Å²) in [6, 6.07) is 5.04. The first-order valence-corrected chi connectivity index (χ1v) is 10.5. The van der Waals surface area contributed by atoms with Gasteiger partial charge in [0.15, 0.2) is 11.8 Å². The van der Waals surface area contributed by atoms with E-state index in [1.807, 2.05) is 18.5 Å². The van der Waals surface area contributed by atoms with Gasteiger partial charge in [-0.2, -0.15) is 8.78 Å². The number of alkyl halides is 2. The minimum absolute atomic E-state index is 0. The van der Waals surface area contributed by atoms with Crippen LogP contribution >= 0.6 is 24.0 Å². The average molecular weight is 564 g/mol. The molecule has 2 aromatic rings. The van der Waals surface area contributed by atoms with Crippen LogP contribution in [0.15, 0.2) is 23.2 Å². The lowest BCUT2D eigenvalue weighted by atomic mass is 9.96. The van der Waals surface area contributed by atoms with Crippen molar-refractivity contribution in [3.63, 3.8) is 0 Å². The smallest absolute Gasteiger partial charge is 0.387 e. The van der Waals surface area contributed by atoms with Gasteiger partial charge in [-0.05, 0) is 38.0 Å². The van der Waals surface area contributed by atoms with Crippen LogP contribution in [0.1, 0.15) is 49.3 Å². The van der Waals surface area contributed by atoms with Gasteiger partial charge in [0, 0.05) is 18.7 Å². The van der Waals surface area contributed by atoms with Gasteiger partial charge in [0.05, 0.1) is 20.2 Å². The summed E-state index contributed by atoms with van der Waals surface area (Å²) >= 11 is 0. The molecule has 1 saturated carbocycles. The summed E-state index contributed by atoms with van der Waals surface area (Å²) in [5.74, 6) is 2.83. The molecule has 0 atom stereocenters. The minimum Gasteiger partial charge on any atom is -0.497 e. The molecule has 178 valence electrons. The van der Waals surface area contributed by atoms with Gasteiger partial charge in [-0.25, -0.2) is 4.99 Å². The third-order valence-electron chi connectivity index (χ3n) is 5.43. The molecule has 0 spiro atoms. The molecular weight excluding hydrogens is 533 g/mol. The predicted molar refractivity (Wildman–Crippen MR) is 129 cm³/mol. The Hall–Kier alpha value is -2.18. The fourth-order valence-corrected chi connectivity index (χ4v) is 3.54. The zero-order chi connectivity index (χ0) is 22.2. The maximum Gasteiger partial charge on any atom is 0.387 e. The Morgan fingerprint density at radius 2 is 2.00 bits per heavy atom. The fourth-order valence-electron chi connectivity index (χ4n) is 3.54. The number of benzene rings is 1. The van der Waals surface area contributed by atoms with Gasteiger partial charge in [0.2, 0.25) is 0 Å². The molecule has 3 rings (SSSR count). The van der Waals surface area contributed by atoms with E-state index in [0.717, 1.165) is 24.5 Å². The summed E-state index contributed by atoms with van der Waals surface area (Å²) < 4.78 is 37.4. The van der Waals surface area contributed by atoms with E-state index >= 15 is 0 Å². The Morgan fingerprint density at radius 3 is 2.62 bits per heavy atom. The predicted octanol–water partition coefficient (Wildman–Crippen LogP) is 3.92. The summed E-state index contributed by atoms with van der Waals surface area (Å²) in [6.45, 7) is -0.430. The number of guanidine groups is 1. The van der Waals surface area contributed by atoms with Gasteiger partial charge in [-0.15, -0.1) is 34.2 Å². The lowest BCUT2D eigenvalue weighted by Crippen LogP contribution is -2.44. The van der Waals surface area contributed by atoms with Gasteiger partial charge >= 0.3 is 6.61 Å². The van der Waals surface area contributed by atoms with Gasteiger partial charge in [-0.3, -0.25) is 0 Å². The van der Waals surface area contributed by atoms with Gasteiger partial charge < -0.3 is 24.7 Å². The number of ether oxygens (including phenoxy) is 2. The van der Waals surface area contributed by atoms with Crippen LogP contribution in [0.5, 0.6) is 11.5 Å². The number of hydrogen-bond acceptors (Lipinski definition) is 5. The molecule has 11 heteroatoms. The maximum atomic E-state index is 12.8. The van der Waals surface area contributed by atoms with Crippen LogP contribution in [0.2, 0.25) is 0 Å². The number of aliphatic imine (C=N–C) groups is 1. The van der Waals surface area contributed by atoms with Crippen molar-refractivity contribution in [1.82, 2.24) is 25.4 Å². The molecule has 1 aliphatic carbocycles. The van der Waals surface area contributed by atoms with E-state index in [1.165, 1.54) is 32.4 Å². The van der Waals surface area contributed by atoms with E-state index in [-0.39, 0.29) is 36.3 Å². The van der Waals surface area contributed by atoms with Gasteiger partial charge in [0.25, 0.3) is 0 Å². The summed E-state index contributed by atoms with van der Waals surface area (Å²) in [7, 11) is 3.43. The molecule has 0 unspecified atom stereocenters. The molecule has 1 aromatic carbocycles. The van der Waals surface area contributed by atoms with Crippen molar-refractivity contribution in [3.8, 4) is 11.5 Å². The van der Waals surface area contributed by atoms with Crippen LogP contribution in [0.3, 0.4) is 0 Å². The zero-order valence-corrected chi connectivity index (χ0v) is 20.9. The van der Waals surface area contributed by atoms with Crippen molar-refractivity contribution in [2.24, 2.45) is 12.0 Å². The van der Waals surface area contributed by atoms with E-state index in [4.69, 9.17) is 4.74 Å². The molecule has 8 nitrogen and oxygen atoms in total. The number of nitrogens with one attached hydrogen (secondary N) is 2. The summed E-state index contributed by atoms with van der Waals surface area (Å²) in [4.78, 5) is 4.64. The maximum absolute atomic E-state index is 12.8. The van der Waals surface area contributed by atoms with E-state index in [1.54, 1.807) is 12.1 Å². The molecule has 0 bridgehead atoms. The third kappa shape index (κ3) is 7.45. The Morgan fingerprint density at radius 1 is 1.25 bits per heavy atom. The number of aromatic nitrogens is 3. The lowest BCUT2D eigenvalue weighted by Gasteiger charge is -2.25. The molecule has 32 heavy (non-hydrogen) atoms. The Labute approximate surface area is 204 Å². The normalized spacial score (nSPS) is 14.8. The summed E-state index contributed by atoms with van der Waals surface area (Å²) in [5, 5.41) is 15.0. The van der Waals surface area contributed by atoms with Crippen molar-refractivity contribution >= 4 is 29.9 Å². The van der Waals surface area contributed by atoms with Crippen LogP contribution < -0.4 is 20.1 Å². The minimum atomic E-state index is -2.91. The lowest BCUT2D eigenvalue weighted by molar-refractivity contribution is -0.0504. The molecule has 0 saturated heterocycles. The zero-order valence-electron chi connectivity index (χ0n) is 18.6. The second-order valence-electron chi connectivity index (χ2n) is 7.57. The molecule has 1 aliphatic rings. The molecular formula is C21H31F2IN6O2. The summed E-state index contributed by atoms with van der Waals surface area (Å²) in [6.07, 6.45) is 5.74. The van der Waals surface area contributed by atoms with Crippen molar-refractivity contribution in [1.29, 1.82) is 0 Å². The number of aryl methyl sites for hydroxylation is 1. The highest BCUT2D eigenvalue weighted by Gasteiger charge is 2.16. The molecule has 1 fully saturated rings. The van der Waals surface area contributed by atoms with E-state index in [9.17, 15) is 8.78 Å². The molecule has 2 N–H and O–H groups in total. The number of hydrogen-bond donors (Lipinski definition) is 2. The second-order valence-corrected chi connectivity index (χ2v) is 7.57. The van der Waals surface area contributed by atoms with E-state index in [2.05, 4.69) is 30.6 Å². The summed E-state index contributed by atoms with van der Waals surface area (Å²) in [5.41, 5.74) is 0.513. The number of nitrogens with zero attached hydrogens (tertiary/aromatic N) is 4. The molecule has 1 aromatic heterocycles. The fraction of sp³-hybridized carbons (Fsp3) is 0.571. The van der Waals surface area contributed by atoms with Crippen LogP contribution in [-0.4, -0.2) is 40.5 Å². The number of methoxy groups -OCH3 is 1. The van der Waals surface area contributed by atoms with Crippen molar-refractivity contribution < 1.29 is 18.3 Å². The Balaban J connectivity index is 0.00000363. The average Bonchev–Trinajstić information content (AvgIpc) is 3.09. The van der Waals surface area contributed by atoms with Crippen LogP contribution in [0, 0.1) is 6.92 Å². The Kier molecular flexibility index (Phi) is 10.4. The highest BCUT2D eigenvalue weighted by Crippen LogP contribution is 2.26. The topological polar surface area (TPSA) is 85.6 Å². The molecule has 0 amide bonds. The quantitative estimate of drug-likeness (QED) is 0.287. The molecule has 1 heterocycles. The van der Waals surface area contributed by atoms with Crippen molar-refractivity contribution in [3.05, 3.63) is 35.4 Å². The van der Waals surface area contributed by atoms with E-state index in [0.29, 0.717) is 29.9 Å². The first-order valence-electron chi connectivity index (χ1n) is 10.5. The number of halogens is 3. The van der Waals surface area contributed by atoms with Crippen LogP contribution in [0.25, 0.3) is 0 Å². The van der Waals surface area contributed by atoms with E-state index < -0.39 is 6.61 Å². The first-order chi connectivity index (χ1) is 15.0. The van der Waals surface area contributed by atoms with Crippen molar-refractivity contribution in [2.45, 2.75) is 64.8 Å². The standard InChI is InChI=1S/C21H30F2N6O2.HI/c1-14-27-28-19(29(14)2)13-25-21(26-16-7-5-4-6-8-16)24-12-15-11-17(30-3)9-10-18(15)31-20(22)23;/h9-11,16,20H,4-8,12-13H2,1-3H3,(H2,24,25,26);1H. The number of rotatable bonds is 8. The monoisotopic (exact) mass is 564 g/mol. The van der Waals surface area contributed by atoms with Gasteiger partial charge in [0.1, 0.15) is 17.3 Å². The SMILES string of the molecule is COc1ccc(OC(F)F)c(CN=C(NCc2nnc(C)n2C)NC2CCCCC2)c1.I. The van der Waals surface area contributed by atoms with Crippen LogP contribution in [0.4, 0.5) is 8.78 Å².